The molecule has 2 aromatic rings. The molecule has 1 aliphatic rings. The molecule has 1 N–H and O–H groups in total. The van der Waals surface area contributed by atoms with E-state index in [0.29, 0.717) is 0 Å². The predicted molar refractivity (Wildman–Crippen MR) is 92.7 cm³/mol. The van der Waals surface area contributed by atoms with E-state index in [2.05, 4.69) is 49.1 Å². The minimum atomic E-state index is -0.741. The number of carboxylic acid groups (broad SMARTS) is 1. The van der Waals surface area contributed by atoms with E-state index in [9.17, 15) is 9.90 Å². The van der Waals surface area contributed by atoms with Crippen LogP contribution in [0.1, 0.15) is 43.9 Å². The van der Waals surface area contributed by atoms with E-state index in [1.165, 1.54) is 11.1 Å². The van der Waals surface area contributed by atoms with Gasteiger partial charge in [-0.2, -0.15) is 5.10 Å². The van der Waals surface area contributed by atoms with Crippen LogP contribution in [0.25, 0.3) is 0 Å². The zero-order valence-electron chi connectivity index (χ0n) is 14.6. The van der Waals surface area contributed by atoms with Gasteiger partial charge in [-0.05, 0) is 38.3 Å². The Bertz CT molecular complexity index is 730. The molecule has 128 valence electrons. The number of nitrogens with zero attached hydrogens (tertiary/aromatic N) is 3. The number of rotatable bonds is 4. The van der Waals surface area contributed by atoms with Crippen LogP contribution in [-0.2, 0) is 29.8 Å². The highest BCUT2D eigenvalue weighted by Gasteiger charge is 2.28. The topological polar surface area (TPSA) is 58.4 Å². The van der Waals surface area contributed by atoms with Crippen molar-refractivity contribution in [1.29, 1.82) is 0 Å². The van der Waals surface area contributed by atoms with Crippen molar-refractivity contribution in [2.24, 2.45) is 0 Å². The maximum Gasteiger partial charge on any atom is 0.304 e. The molecule has 0 saturated carbocycles. The van der Waals surface area contributed by atoms with Crippen molar-refractivity contribution in [2.75, 3.05) is 0 Å². The summed E-state index contributed by atoms with van der Waals surface area (Å²) in [6.45, 7) is 7.87. The van der Waals surface area contributed by atoms with Crippen LogP contribution >= 0.6 is 0 Å². The van der Waals surface area contributed by atoms with E-state index in [0.717, 1.165) is 25.1 Å². The summed E-state index contributed by atoms with van der Waals surface area (Å²) in [5.74, 6) is -0.741. The molecule has 0 spiro atoms. The molecule has 5 heteroatoms. The minimum Gasteiger partial charge on any atom is -0.481 e. The summed E-state index contributed by atoms with van der Waals surface area (Å²) in [6.07, 6.45) is 4.92. The normalized spacial score (nSPS) is 18.4. The Morgan fingerprint density at radius 1 is 1.29 bits per heavy atom. The monoisotopic (exact) mass is 327 g/mol. The van der Waals surface area contributed by atoms with Gasteiger partial charge in [-0.15, -0.1) is 0 Å². The van der Waals surface area contributed by atoms with Crippen molar-refractivity contribution in [3.63, 3.8) is 0 Å². The third kappa shape index (κ3) is 3.67. The molecule has 1 aromatic carbocycles. The molecule has 1 aliphatic heterocycles. The zero-order chi connectivity index (χ0) is 17.3. The standard InChI is InChI=1S/C19H25N3O2/c1-19(2,3)22-12-14(10-20-22)11-21-13-16-7-5-4-6-15(16)8-17(21)9-18(23)24/h4-7,10,12,17H,8-9,11,13H2,1-3H3,(H,23,24)/t17-/m0/s1. The summed E-state index contributed by atoms with van der Waals surface area (Å²) < 4.78 is 1.96. The average Bonchev–Trinajstić information content (AvgIpc) is 2.96. The maximum atomic E-state index is 11.3. The maximum absolute atomic E-state index is 11.3. The first-order valence-corrected chi connectivity index (χ1v) is 8.39. The van der Waals surface area contributed by atoms with Crippen molar-refractivity contribution in [3.8, 4) is 0 Å². The van der Waals surface area contributed by atoms with Gasteiger partial charge in [0.1, 0.15) is 0 Å². The Labute approximate surface area is 142 Å². The number of aromatic nitrogens is 2. The first kappa shape index (κ1) is 16.7. The zero-order valence-corrected chi connectivity index (χ0v) is 14.6. The molecule has 3 rings (SSSR count). The van der Waals surface area contributed by atoms with Gasteiger partial charge in [-0.3, -0.25) is 14.4 Å². The lowest BCUT2D eigenvalue weighted by molar-refractivity contribution is -0.138. The summed E-state index contributed by atoms with van der Waals surface area (Å²) >= 11 is 0. The molecule has 0 unspecified atom stereocenters. The lowest BCUT2D eigenvalue weighted by Gasteiger charge is -2.36. The Kier molecular flexibility index (Phi) is 4.45. The molecule has 0 radical (unpaired) electrons. The van der Waals surface area contributed by atoms with Crippen LogP contribution < -0.4 is 0 Å². The molecule has 0 amide bonds. The Balaban J connectivity index is 1.81. The van der Waals surface area contributed by atoms with E-state index < -0.39 is 5.97 Å². The summed E-state index contributed by atoms with van der Waals surface area (Å²) in [5.41, 5.74) is 3.64. The molecular weight excluding hydrogens is 302 g/mol. The second-order valence-corrected chi connectivity index (χ2v) is 7.59. The number of aliphatic carboxylic acids is 1. The van der Waals surface area contributed by atoms with Gasteiger partial charge < -0.3 is 5.11 Å². The Morgan fingerprint density at radius 2 is 2.00 bits per heavy atom. The second-order valence-electron chi connectivity index (χ2n) is 7.59. The minimum absolute atomic E-state index is 0.0235. The number of benzene rings is 1. The smallest absolute Gasteiger partial charge is 0.304 e. The summed E-state index contributed by atoms with van der Waals surface area (Å²) in [6, 6.07) is 8.35. The lowest BCUT2D eigenvalue weighted by Crippen LogP contribution is -2.41. The van der Waals surface area contributed by atoms with Crippen molar-refractivity contribution in [1.82, 2.24) is 14.7 Å². The van der Waals surface area contributed by atoms with Crippen LogP contribution in [0.4, 0.5) is 0 Å². The van der Waals surface area contributed by atoms with Gasteiger partial charge in [-0.1, -0.05) is 24.3 Å². The molecule has 2 heterocycles. The van der Waals surface area contributed by atoms with Crippen LogP contribution in [0.3, 0.4) is 0 Å². The molecule has 24 heavy (non-hydrogen) atoms. The van der Waals surface area contributed by atoms with Crippen LogP contribution in [-0.4, -0.2) is 31.8 Å². The van der Waals surface area contributed by atoms with Gasteiger partial charge in [0, 0.05) is 30.9 Å². The number of carboxylic acids is 1. The first-order valence-electron chi connectivity index (χ1n) is 8.39. The third-order valence-corrected chi connectivity index (χ3v) is 4.58. The first-order chi connectivity index (χ1) is 11.3. The number of hydrogen-bond donors (Lipinski definition) is 1. The quantitative estimate of drug-likeness (QED) is 0.938. The third-order valence-electron chi connectivity index (χ3n) is 4.58. The van der Waals surface area contributed by atoms with Crippen LogP contribution in [0.5, 0.6) is 0 Å². The van der Waals surface area contributed by atoms with Crippen molar-refractivity contribution in [2.45, 2.75) is 58.3 Å². The van der Waals surface area contributed by atoms with Crippen molar-refractivity contribution < 1.29 is 9.90 Å². The van der Waals surface area contributed by atoms with Gasteiger partial charge in [0.2, 0.25) is 0 Å². The highest BCUT2D eigenvalue weighted by molar-refractivity contribution is 5.67. The van der Waals surface area contributed by atoms with Crippen LogP contribution in [0.15, 0.2) is 36.7 Å². The predicted octanol–water partition coefficient (Wildman–Crippen LogP) is 3.04. The largest absolute Gasteiger partial charge is 0.481 e. The fraction of sp³-hybridized carbons (Fsp3) is 0.474. The molecule has 0 saturated heterocycles. The van der Waals surface area contributed by atoms with Gasteiger partial charge in [0.15, 0.2) is 0 Å². The summed E-state index contributed by atoms with van der Waals surface area (Å²) in [5, 5.41) is 13.7. The SMILES string of the molecule is CC(C)(C)n1cc(CN2Cc3ccccc3C[C@H]2CC(=O)O)cn1. The van der Waals surface area contributed by atoms with E-state index in [1.54, 1.807) is 0 Å². The highest BCUT2D eigenvalue weighted by atomic mass is 16.4. The average molecular weight is 327 g/mol. The number of fused-ring (bicyclic) bond motifs is 1. The fourth-order valence-electron chi connectivity index (χ4n) is 3.27. The van der Waals surface area contributed by atoms with Crippen molar-refractivity contribution in [3.05, 3.63) is 53.3 Å². The van der Waals surface area contributed by atoms with Crippen LogP contribution in [0, 0.1) is 0 Å². The summed E-state index contributed by atoms with van der Waals surface area (Å²) in [4.78, 5) is 13.5. The van der Waals surface area contributed by atoms with Gasteiger partial charge in [0.25, 0.3) is 0 Å². The van der Waals surface area contributed by atoms with E-state index >= 15 is 0 Å². The highest BCUT2D eigenvalue weighted by Crippen LogP contribution is 2.27. The van der Waals surface area contributed by atoms with Gasteiger partial charge in [-0.25, -0.2) is 0 Å². The molecule has 0 fully saturated rings. The van der Waals surface area contributed by atoms with E-state index in [4.69, 9.17) is 0 Å². The Morgan fingerprint density at radius 3 is 2.62 bits per heavy atom. The lowest BCUT2D eigenvalue weighted by atomic mass is 9.92. The Hall–Kier alpha value is -2.14. The second kappa shape index (κ2) is 6.40. The van der Waals surface area contributed by atoms with Crippen LogP contribution in [0.2, 0.25) is 0 Å². The number of hydrogen-bond acceptors (Lipinski definition) is 3. The van der Waals surface area contributed by atoms with Gasteiger partial charge in [0.05, 0.1) is 18.2 Å². The molecule has 1 aromatic heterocycles. The molecular formula is C19H25N3O2. The molecule has 1 atom stereocenters. The number of carbonyl (C=O) groups is 1. The summed E-state index contributed by atoms with van der Waals surface area (Å²) in [7, 11) is 0. The molecule has 5 nitrogen and oxygen atoms in total. The molecule has 0 bridgehead atoms. The molecule has 0 aliphatic carbocycles. The fourth-order valence-corrected chi connectivity index (χ4v) is 3.27. The van der Waals surface area contributed by atoms with E-state index in [1.807, 2.05) is 23.0 Å². The van der Waals surface area contributed by atoms with E-state index in [-0.39, 0.29) is 18.0 Å². The van der Waals surface area contributed by atoms with Crippen molar-refractivity contribution >= 4 is 5.97 Å². The van der Waals surface area contributed by atoms with Gasteiger partial charge >= 0.3 is 5.97 Å².